The third-order valence-electron chi connectivity index (χ3n) is 2.57. The summed E-state index contributed by atoms with van der Waals surface area (Å²) in [4.78, 5) is 12.8. The Labute approximate surface area is 113 Å². The Morgan fingerprint density at radius 1 is 1.47 bits per heavy atom. The molecule has 4 heteroatoms. The average Bonchev–Trinajstić information content (AvgIpc) is 2.72. The molecule has 2 nitrogen and oxygen atoms in total. The molecule has 90 valence electrons. The highest BCUT2D eigenvalue weighted by Gasteiger charge is 2.12. The quantitative estimate of drug-likeness (QED) is 0.855. The molecular formula is C13H14BrNOS. The van der Waals surface area contributed by atoms with Crippen molar-refractivity contribution in [3.8, 4) is 0 Å². The highest BCUT2D eigenvalue weighted by Crippen LogP contribution is 2.25. The monoisotopic (exact) mass is 311 g/mol. The number of thiophene rings is 1. The number of alkyl halides is 1. The molecule has 1 aromatic heterocycles. The molecule has 0 fully saturated rings. The zero-order valence-corrected chi connectivity index (χ0v) is 12.0. The molecule has 1 amide bonds. The van der Waals surface area contributed by atoms with Gasteiger partial charge in [-0.3, -0.25) is 4.79 Å². The van der Waals surface area contributed by atoms with Gasteiger partial charge in [0, 0.05) is 16.1 Å². The summed E-state index contributed by atoms with van der Waals surface area (Å²) in [6.45, 7) is 2.02. The number of carbonyl (C=O) groups excluding carboxylic acids is 1. The van der Waals surface area contributed by atoms with Crippen LogP contribution >= 0.6 is 27.3 Å². The Morgan fingerprint density at radius 3 is 2.94 bits per heavy atom. The van der Waals surface area contributed by atoms with Crippen molar-refractivity contribution in [3.05, 3.63) is 35.2 Å². The number of hydrogen-bond acceptors (Lipinski definition) is 2. The Balaban J connectivity index is 2.13. The first-order valence-corrected chi connectivity index (χ1v) is 7.50. The molecule has 0 saturated carbocycles. The average molecular weight is 312 g/mol. The number of fused-ring (bicyclic) bond motifs is 1. The molecule has 0 bridgehead atoms. The van der Waals surface area contributed by atoms with Gasteiger partial charge >= 0.3 is 0 Å². The zero-order valence-electron chi connectivity index (χ0n) is 9.57. The summed E-state index contributed by atoms with van der Waals surface area (Å²) in [6.07, 6.45) is 0.941. The molecule has 0 saturated heterocycles. The van der Waals surface area contributed by atoms with Gasteiger partial charge in [-0.25, -0.2) is 0 Å². The van der Waals surface area contributed by atoms with Crippen molar-refractivity contribution < 1.29 is 4.79 Å². The topological polar surface area (TPSA) is 29.1 Å². The van der Waals surface area contributed by atoms with Crippen LogP contribution in [0.1, 0.15) is 23.0 Å². The van der Waals surface area contributed by atoms with Gasteiger partial charge in [-0.15, -0.1) is 11.3 Å². The Morgan fingerprint density at radius 2 is 2.24 bits per heavy atom. The molecule has 2 aromatic rings. The summed E-state index contributed by atoms with van der Waals surface area (Å²) in [5.74, 6) is 0.0275. The van der Waals surface area contributed by atoms with Gasteiger partial charge in [-0.05, 0) is 30.9 Å². The van der Waals surface area contributed by atoms with Crippen molar-refractivity contribution in [2.45, 2.75) is 19.4 Å². The molecule has 1 aromatic carbocycles. The van der Waals surface area contributed by atoms with Crippen molar-refractivity contribution in [1.29, 1.82) is 0 Å². The number of carbonyl (C=O) groups is 1. The van der Waals surface area contributed by atoms with E-state index in [2.05, 4.69) is 21.2 Å². The second-order valence-corrected chi connectivity index (χ2v) is 5.88. The van der Waals surface area contributed by atoms with E-state index in [0.717, 1.165) is 26.7 Å². The first-order chi connectivity index (χ1) is 8.20. The van der Waals surface area contributed by atoms with Crippen LogP contribution < -0.4 is 5.32 Å². The van der Waals surface area contributed by atoms with E-state index in [9.17, 15) is 4.79 Å². The second kappa shape index (κ2) is 5.65. The lowest BCUT2D eigenvalue weighted by molar-refractivity contribution is 0.0944. The van der Waals surface area contributed by atoms with Crippen molar-refractivity contribution in [2.75, 3.05) is 5.33 Å². The third kappa shape index (κ3) is 3.07. The van der Waals surface area contributed by atoms with Crippen LogP contribution in [0.3, 0.4) is 0 Å². The van der Waals surface area contributed by atoms with Gasteiger partial charge in [0.15, 0.2) is 0 Å². The standard InChI is InChI=1S/C13H14BrNOS/c1-9(6-7-14)15-13(16)12-8-10-4-2-3-5-11(10)17-12/h2-5,8-9H,6-7H2,1H3,(H,15,16). The lowest BCUT2D eigenvalue weighted by Crippen LogP contribution is -2.32. The molecule has 0 aliphatic heterocycles. The van der Waals surface area contributed by atoms with Crippen LogP contribution in [0.5, 0.6) is 0 Å². The number of amides is 1. The summed E-state index contributed by atoms with van der Waals surface area (Å²) in [6, 6.07) is 10.2. The molecular weight excluding hydrogens is 298 g/mol. The maximum Gasteiger partial charge on any atom is 0.261 e. The van der Waals surface area contributed by atoms with Gasteiger partial charge in [0.05, 0.1) is 4.88 Å². The van der Waals surface area contributed by atoms with E-state index < -0.39 is 0 Å². The molecule has 1 heterocycles. The molecule has 0 spiro atoms. The molecule has 17 heavy (non-hydrogen) atoms. The van der Waals surface area contributed by atoms with E-state index in [1.54, 1.807) is 11.3 Å². The minimum atomic E-state index is 0.0275. The van der Waals surface area contributed by atoms with E-state index in [-0.39, 0.29) is 11.9 Å². The van der Waals surface area contributed by atoms with Crippen molar-refractivity contribution in [3.63, 3.8) is 0 Å². The number of nitrogens with one attached hydrogen (secondary N) is 1. The predicted molar refractivity (Wildman–Crippen MR) is 77.2 cm³/mol. The fourth-order valence-corrected chi connectivity index (χ4v) is 3.28. The zero-order chi connectivity index (χ0) is 12.3. The lowest BCUT2D eigenvalue weighted by Gasteiger charge is -2.10. The van der Waals surface area contributed by atoms with Crippen molar-refractivity contribution >= 4 is 43.3 Å². The minimum Gasteiger partial charge on any atom is -0.349 e. The number of benzene rings is 1. The van der Waals surface area contributed by atoms with Crippen molar-refractivity contribution in [2.24, 2.45) is 0 Å². The molecule has 1 unspecified atom stereocenters. The van der Waals surface area contributed by atoms with Crippen LogP contribution in [0.4, 0.5) is 0 Å². The minimum absolute atomic E-state index is 0.0275. The summed E-state index contributed by atoms with van der Waals surface area (Å²) in [7, 11) is 0. The van der Waals surface area contributed by atoms with E-state index >= 15 is 0 Å². The Kier molecular flexibility index (Phi) is 4.18. The first-order valence-electron chi connectivity index (χ1n) is 5.56. The van der Waals surface area contributed by atoms with Crippen LogP contribution in [0.2, 0.25) is 0 Å². The largest absolute Gasteiger partial charge is 0.349 e. The fourth-order valence-electron chi connectivity index (χ4n) is 1.62. The van der Waals surface area contributed by atoms with Gasteiger partial charge in [0.25, 0.3) is 5.91 Å². The molecule has 2 rings (SSSR count). The molecule has 1 N–H and O–H groups in total. The van der Waals surface area contributed by atoms with Crippen LogP contribution in [0.25, 0.3) is 10.1 Å². The summed E-state index contributed by atoms with van der Waals surface area (Å²) in [5, 5.41) is 5.04. The number of rotatable bonds is 4. The first kappa shape index (κ1) is 12.6. The Bertz CT molecular complexity index is 490. The lowest BCUT2D eigenvalue weighted by atomic mass is 10.2. The Hall–Kier alpha value is -0.870. The normalized spacial score (nSPS) is 12.6. The van der Waals surface area contributed by atoms with E-state index in [0.29, 0.717) is 0 Å². The highest BCUT2D eigenvalue weighted by atomic mass is 79.9. The van der Waals surface area contributed by atoms with Crippen LogP contribution in [0, 0.1) is 0 Å². The molecule has 0 aliphatic rings. The maximum atomic E-state index is 12.0. The summed E-state index contributed by atoms with van der Waals surface area (Å²) >= 11 is 4.92. The fraction of sp³-hybridized carbons (Fsp3) is 0.308. The maximum absolute atomic E-state index is 12.0. The van der Waals surface area contributed by atoms with E-state index in [1.807, 2.05) is 37.3 Å². The second-order valence-electron chi connectivity index (χ2n) is 4.00. The van der Waals surface area contributed by atoms with Crippen molar-refractivity contribution in [1.82, 2.24) is 5.32 Å². The third-order valence-corrected chi connectivity index (χ3v) is 4.14. The smallest absolute Gasteiger partial charge is 0.261 e. The van der Waals surface area contributed by atoms with Gasteiger partial charge in [-0.2, -0.15) is 0 Å². The highest BCUT2D eigenvalue weighted by molar-refractivity contribution is 9.09. The van der Waals surface area contributed by atoms with Gasteiger partial charge < -0.3 is 5.32 Å². The van der Waals surface area contributed by atoms with Gasteiger partial charge in [-0.1, -0.05) is 34.1 Å². The molecule has 0 aliphatic carbocycles. The van der Waals surface area contributed by atoms with E-state index in [4.69, 9.17) is 0 Å². The van der Waals surface area contributed by atoms with E-state index in [1.165, 1.54) is 0 Å². The van der Waals surface area contributed by atoms with Crippen LogP contribution in [0.15, 0.2) is 30.3 Å². The molecule has 0 radical (unpaired) electrons. The molecule has 1 atom stereocenters. The summed E-state index contributed by atoms with van der Waals surface area (Å²) in [5.41, 5.74) is 0. The predicted octanol–water partition coefficient (Wildman–Crippen LogP) is 3.80. The number of halogens is 1. The van der Waals surface area contributed by atoms with Gasteiger partial charge in [0.2, 0.25) is 0 Å². The van der Waals surface area contributed by atoms with Crippen LogP contribution in [-0.4, -0.2) is 17.3 Å². The van der Waals surface area contributed by atoms with Crippen LogP contribution in [-0.2, 0) is 0 Å². The SMILES string of the molecule is CC(CCBr)NC(=O)c1cc2ccccc2s1. The number of hydrogen-bond donors (Lipinski definition) is 1. The summed E-state index contributed by atoms with van der Waals surface area (Å²) < 4.78 is 1.16. The van der Waals surface area contributed by atoms with Gasteiger partial charge in [0.1, 0.15) is 0 Å².